The van der Waals surface area contributed by atoms with E-state index in [1.54, 1.807) is 0 Å². The largest absolute Gasteiger partial charge is 0.490 e. The maximum atomic E-state index is 6.15. The van der Waals surface area contributed by atoms with E-state index in [4.69, 9.17) is 21.1 Å². The molecule has 1 rings (SSSR count). The molecule has 0 amide bonds. The highest BCUT2D eigenvalue weighted by atomic mass is 35.5. The molecule has 0 heterocycles. The summed E-state index contributed by atoms with van der Waals surface area (Å²) >= 11 is 6.15. The molecule has 0 saturated heterocycles. The van der Waals surface area contributed by atoms with Gasteiger partial charge < -0.3 is 14.8 Å². The summed E-state index contributed by atoms with van der Waals surface area (Å²) in [5.74, 6) is 2.06. The molecule has 1 aromatic carbocycles. The van der Waals surface area contributed by atoms with Crippen LogP contribution in [0.5, 0.6) is 11.5 Å². The zero-order valence-corrected chi connectivity index (χ0v) is 12.7. The zero-order valence-electron chi connectivity index (χ0n) is 12.0. The van der Waals surface area contributed by atoms with Gasteiger partial charge in [-0.05, 0) is 25.0 Å². The van der Waals surface area contributed by atoms with Crippen LogP contribution in [-0.2, 0) is 0 Å². The zero-order chi connectivity index (χ0) is 14.1. The number of hydrogen-bond donors (Lipinski definition) is 1. The van der Waals surface area contributed by atoms with Crippen molar-refractivity contribution in [1.29, 1.82) is 0 Å². The van der Waals surface area contributed by atoms with Crippen molar-refractivity contribution in [2.45, 2.75) is 26.1 Å². The van der Waals surface area contributed by atoms with Crippen LogP contribution in [0, 0.1) is 5.92 Å². The maximum Gasteiger partial charge on any atom is 0.161 e. The van der Waals surface area contributed by atoms with E-state index >= 15 is 0 Å². The fraction of sp³-hybridized carbons (Fsp3) is 0.600. The minimum Gasteiger partial charge on any atom is -0.490 e. The van der Waals surface area contributed by atoms with Gasteiger partial charge in [0.2, 0.25) is 0 Å². The second kappa shape index (κ2) is 9.05. The average molecular weight is 286 g/mol. The number of nitrogens with one attached hydrogen (secondary N) is 1. The van der Waals surface area contributed by atoms with Gasteiger partial charge in [-0.1, -0.05) is 26.0 Å². The summed E-state index contributed by atoms with van der Waals surface area (Å²) in [4.78, 5) is 0. The third kappa shape index (κ3) is 6.17. The predicted molar refractivity (Wildman–Crippen MR) is 80.5 cm³/mol. The van der Waals surface area contributed by atoms with Gasteiger partial charge in [0, 0.05) is 18.5 Å². The standard InChI is InChI=1S/C15H24ClNO2/c1-4-18-14-7-5-6-8-15(14)19-10-9-17-11-13(16)12(2)3/h5-8,12-13,17H,4,9-11H2,1-3H3. The number of halogens is 1. The monoisotopic (exact) mass is 285 g/mol. The van der Waals surface area contributed by atoms with Gasteiger partial charge in [-0.15, -0.1) is 11.6 Å². The van der Waals surface area contributed by atoms with Crippen LogP contribution < -0.4 is 14.8 Å². The van der Waals surface area contributed by atoms with Gasteiger partial charge in [0.25, 0.3) is 0 Å². The number of para-hydroxylation sites is 2. The Morgan fingerprint density at radius 3 is 2.37 bits per heavy atom. The van der Waals surface area contributed by atoms with Crippen LogP contribution in [-0.4, -0.2) is 31.7 Å². The third-order valence-corrected chi connectivity index (χ3v) is 3.41. The van der Waals surface area contributed by atoms with E-state index in [1.807, 2.05) is 31.2 Å². The first kappa shape index (κ1) is 16.1. The molecule has 19 heavy (non-hydrogen) atoms. The van der Waals surface area contributed by atoms with Crippen molar-refractivity contribution in [2.75, 3.05) is 26.3 Å². The van der Waals surface area contributed by atoms with Crippen LogP contribution in [0.25, 0.3) is 0 Å². The Bertz CT molecular complexity index is 358. The molecule has 0 aliphatic rings. The molecule has 1 N–H and O–H groups in total. The molecule has 0 radical (unpaired) electrons. The summed E-state index contributed by atoms with van der Waals surface area (Å²) in [6, 6.07) is 7.72. The summed E-state index contributed by atoms with van der Waals surface area (Å²) in [6.45, 7) is 9.02. The van der Waals surface area contributed by atoms with E-state index in [1.165, 1.54) is 0 Å². The molecule has 108 valence electrons. The number of ether oxygens (including phenoxy) is 2. The molecule has 1 aromatic rings. The lowest BCUT2D eigenvalue weighted by Crippen LogP contribution is -2.30. The Morgan fingerprint density at radius 2 is 1.79 bits per heavy atom. The Labute approximate surface area is 121 Å². The van der Waals surface area contributed by atoms with E-state index in [0.717, 1.165) is 24.6 Å². The van der Waals surface area contributed by atoms with Gasteiger partial charge in [-0.25, -0.2) is 0 Å². The minimum absolute atomic E-state index is 0.163. The van der Waals surface area contributed by atoms with E-state index < -0.39 is 0 Å². The van der Waals surface area contributed by atoms with Crippen LogP contribution in [0.15, 0.2) is 24.3 Å². The van der Waals surface area contributed by atoms with Gasteiger partial charge in [0.15, 0.2) is 11.5 Å². The van der Waals surface area contributed by atoms with Crippen LogP contribution in [0.2, 0.25) is 0 Å². The molecule has 0 aliphatic heterocycles. The van der Waals surface area contributed by atoms with Crippen molar-refractivity contribution in [3.05, 3.63) is 24.3 Å². The molecular formula is C15H24ClNO2. The SMILES string of the molecule is CCOc1ccccc1OCCNCC(Cl)C(C)C. The molecule has 4 heteroatoms. The van der Waals surface area contributed by atoms with Gasteiger partial charge in [0.1, 0.15) is 6.61 Å². The van der Waals surface area contributed by atoms with Crippen LogP contribution >= 0.6 is 11.6 Å². The lowest BCUT2D eigenvalue weighted by molar-refractivity contribution is 0.275. The number of hydrogen-bond acceptors (Lipinski definition) is 3. The Balaban J connectivity index is 2.26. The fourth-order valence-corrected chi connectivity index (χ4v) is 1.66. The quantitative estimate of drug-likeness (QED) is 0.558. The third-order valence-electron chi connectivity index (χ3n) is 2.75. The second-order valence-corrected chi connectivity index (χ2v) is 5.25. The van der Waals surface area contributed by atoms with Crippen molar-refractivity contribution in [3.63, 3.8) is 0 Å². The lowest BCUT2D eigenvalue weighted by Gasteiger charge is -2.15. The van der Waals surface area contributed by atoms with Crippen LogP contribution in [0.3, 0.4) is 0 Å². The summed E-state index contributed by atoms with van der Waals surface area (Å²) in [5.41, 5.74) is 0. The highest BCUT2D eigenvalue weighted by Crippen LogP contribution is 2.25. The number of benzene rings is 1. The van der Waals surface area contributed by atoms with Crippen LogP contribution in [0.4, 0.5) is 0 Å². The molecule has 0 spiro atoms. The van der Waals surface area contributed by atoms with E-state index in [-0.39, 0.29) is 5.38 Å². The normalized spacial score (nSPS) is 12.5. The molecule has 0 bridgehead atoms. The summed E-state index contributed by atoms with van der Waals surface area (Å²) < 4.78 is 11.2. The molecule has 1 unspecified atom stereocenters. The topological polar surface area (TPSA) is 30.5 Å². The average Bonchev–Trinajstić information content (AvgIpc) is 2.40. The van der Waals surface area contributed by atoms with Gasteiger partial charge in [0.05, 0.1) is 6.61 Å². The van der Waals surface area contributed by atoms with Crippen molar-refractivity contribution in [1.82, 2.24) is 5.32 Å². The summed E-state index contributed by atoms with van der Waals surface area (Å²) in [7, 11) is 0. The first-order valence-corrected chi connectivity index (χ1v) is 7.28. The van der Waals surface area contributed by atoms with Crippen LogP contribution in [0.1, 0.15) is 20.8 Å². The number of rotatable bonds is 9. The highest BCUT2D eigenvalue weighted by molar-refractivity contribution is 6.20. The molecule has 0 aromatic heterocycles. The van der Waals surface area contributed by atoms with Gasteiger partial charge in [-0.2, -0.15) is 0 Å². The van der Waals surface area contributed by atoms with Crippen molar-refractivity contribution in [3.8, 4) is 11.5 Å². The molecule has 1 atom stereocenters. The molecule has 0 fully saturated rings. The first-order valence-electron chi connectivity index (χ1n) is 6.84. The first-order chi connectivity index (χ1) is 9.15. The summed E-state index contributed by atoms with van der Waals surface area (Å²) in [6.07, 6.45) is 0. The second-order valence-electron chi connectivity index (χ2n) is 4.69. The van der Waals surface area contributed by atoms with Gasteiger partial charge in [-0.3, -0.25) is 0 Å². The van der Waals surface area contributed by atoms with E-state index in [0.29, 0.717) is 19.1 Å². The van der Waals surface area contributed by atoms with E-state index in [2.05, 4.69) is 19.2 Å². The Hall–Kier alpha value is -0.930. The van der Waals surface area contributed by atoms with Crippen molar-refractivity contribution in [2.24, 2.45) is 5.92 Å². The summed E-state index contributed by atoms with van der Waals surface area (Å²) in [5, 5.41) is 3.45. The van der Waals surface area contributed by atoms with Crippen molar-refractivity contribution >= 4 is 11.6 Å². The molecule has 0 saturated carbocycles. The van der Waals surface area contributed by atoms with Gasteiger partial charge >= 0.3 is 0 Å². The minimum atomic E-state index is 0.163. The fourth-order valence-electron chi connectivity index (χ4n) is 1.55. The smallest absolute Gasteiger partial charge is 0.161 e. The van der Waals surface area contributed by atoms with Crippen molar-refractivity contribution < 1.29 is 9.47 Å². The predicted octanol–water partition coefficient (Wildman–Crippen LogP) is 3.32. The lowest BCUT2D eigenvalue weighted by atomic mass is 10.1. The highest BCUT2D eigenvalue weighted by Gasteiger charge is 2.08. The molecule has 3 nitrogen and oxygen atoms in total. The Kier molecular flexibility index (Phi) is 7.68. The van der Waals surface area contributed by atoms with E-state index in [9.17, 15) is 0 Å². The maximum absolute atomic E-state index is 6.15. The molecule has 0 aliphatic carbocycles. The Morgan fingerprint density at radius 1 is 1.16 bits per heavy atom. The molecular weight excluding hydrogens is 262 g/mol. The number of alkyl halides is 1.